The molecule has 1 amide bonds. The van der Waals surface area contributed by atoms with Crippen LogP contribution in [0.4, 0.5) is 10.1 Å². The Balaban J connectivity index is 1.29. The van der Waals surface area contributed by atoms with Crippen molar-refractivity contribution in [3.8, 4) is 11.4 Å². The first-order valence-corrected chi connectivity index (χ1v) is 10.8. The van der Waals surface area contributed by atoms with E-state index in [1.54, 1.807) is 25.1 Å². The van der Waals surface area contributed by atoms with Gasteiger partial charge < -0.3 is 19.2 Å². The van der Waals surface area contributed by atoms with Crippen molar-refractivity contribution in [1.82, 2.24) is 15.5 Å². The molecule has 0 spiro atoms. The zero-order chi connectivity index (χ0) is 22.9. The van der Waals surface area contributed by atoms with E-state index in [1.807, 2.05) is 12.1 Å². The summed E-state index contributed by atoms with van der Waals surface area (Å²) in [6.45, 7) is 4.43. The third kappa shape index (κ3) is 4.11. The largest absolute Gasteiger partial charge is 0.467 e. The van der Waals surface area contributed by atoms with Gasteiger partial charge in [-0.2, -0.15) is 4.98 Å². The van der Waals surface area contributed by atoms with Gasteiger partial charge in [-0.1, -0.05) is 23.4 Å². The highest BCUT2D eigenvalue weighted by atomic mass is 19.1. The number of furan rings is 1. The number of nitrogens with zero attached hydrogens (tertiary/aromatic N) is 3. The van der Waals surface area contributed by atoms with Crippen molar-refractivity contribution < 1.29 is 18.1 Å². The number of aromatic nitrogens is 2. The third-order valence-electron chi connectivity index (χ3n) is 5.91. The number of halogens is 1. The lowest BCUT2D eigenvalue weighted by molar-refractivity contribution is 0.0930. The molecule has 2 unspecified atom stereocenters. The minimum Gasteiger partial charge on any atom is -0.467 e. The number of rotatable bonds is 6. The van der Waals surface area contributed by atoms with E-state index < -0.39 is 6.04 Å². The van der Waals surface area contributed by atoms with Crippen molar-refractivity contribution in [3.63, 3.8) is 0 Å². The average Bonchev–Trinajstić information content (AvgIpc) is 3.54. The first-order valence-electron chi connectivity index (χ1n) is 10.8. The second-order valence-electron chi connectivity index (χ2n) is 8.23. The molecule has 0 saturated heterocycles. The number of amides is 1. The molecule has 1 N–H and O–H groups in total. The second-order valence-corrected chi connectivity index (χ2v) is 8.23. The summed E-state index contributed by atoms with van der Waals surface area (Å²) in [5.41, 5.74) is 3.56. The van der Waals surface area contributed by atoms with Crippen molar-refractivity contribution in [2.75, 3.05) is 4.90 Å². The number of hydrogen-bond acceptors (Lipinski definition) is 6. The molecule has 1 aliphatic rings. The van der Waals surface area contributed by atoms with Gasteiger partial charge >= 0.3 is 0 Å². The van der Waals surface area contributed by atoms with Crippen molar-refractivity contribution in [1.29, 1.82) is 0 Å². The van der Waals surface area contributed by atoms with Crippen LogP contribution in [0.3, 0.4) is 0 Å². The van der Waals surface area contributed by atoms with Gasteiger partial charge in [-0.25, -0.2) is 4.39 Å². The number of nitrogens with one attached hydrogen (secondary N) is 1. The van der Waals surface area contributed by atoms with Gasteiger partial charge in [0.15, 0.2) is 0 Å². The van der Waals surface area contributed by atoms with Crippen molar-refractivity contribution >= 4 is 11.6 Å². The molecule has 2 aromatic heterocycles. The molecule has 1 aliphatic heterocycles. The minimum absolute atomic E-state index is 0.259. The second kappa shape index (κ2) is 8.54. The van der Waals surface area contributed by atoms with E-state index in [0.29, 0.717) is 35.3 Å². The van der Waals surface area contributed by atoms with E-state index in [2.05, 4.69) is 39.4 Å². The van der Waals surface area contributed by atoms with Crippen LogP contribution in [0.2, 0.25) is 0 Å². The van der Waals surface area contributed by atoms with E-state index in [4.69, 9.17) is 8.94 Å². The first kappa shape index (κ1) is 20.9. The number of para-hydroxylation sites is 1. The topological polar surface area (TPSA) is 84.4 Å². The van der Waals surface area contributed by atoms with Crippen LogP contribution in [0.15, 0.2) is 69.8 Å². The van der Waals surface area contributed by atoms with Gasteiger partial charge in [-0.15, -0.1) is 0 Å². The van der Waals surface area contributed by atoms with Gasteiger partial charge in [0.2, 0.25) is 11.7 Å². The lowest BCUT2D eigenvalue weighted by Crippen LogP contribution is -2.31. The van der Waals surface area contributed by atoms with Crippen LogP contribution in [0, 0.1) is 5.82 Å². The average molecular weight is 446 g/mol. The molecule has 0 aliphatic carbocycles. The number of anilines is 1. The predicted octanol–water partition coefficient (Wildman–Crippen LogP) is 4.91. The molecule has 8 heteroatoms. The predicted molar refractivity (Wildman–Crippen MR) is 120 cm³/mol. The Bertz CT molecular complexity index is 1280. The van der Waals surface area contributed by atoms with Gasteiger partial charge in [0.1, 0.15) is 17.6 Å². The van der Waals surface area contributed by atoms with E-state index in [1.165, 1.54) is 29.6 Å². The summed E-state index contributed by atoms with van der Waals surface area (Å²) in [6, 6.07) is 15.6. The Hall–Kier alpha value is -3.94. The van der Waals surface area contributed by atoms with Crippen molar-refractivity contribution in [2.45, 2.75) is 38.9 Å². The molecule has 0 fully saturated rings. The maximum atomic E-state index is 13.1. The van der Waals surface area contributed by atoms with Crippen LogP contribution >= 0.6 is 0 Å². The lowest BCUT2D eigenvalue weighted by atomic mass is 10.1. The highest BCUT2D eigenvalue weighted by Gasteiger charge is 2.28. The smallest absolute Gasteiger partial charge is 0.255 e. The number of fused-ring (bicyclic) bond motifs is 1. The fraction of sp³-hybridized carbons (Fsp3) is 0.240. The van der Waals surface area contributed by atoms with Gasteiger partial charge in [-0.05, 0) is 62.2 Å². The summed E-state index contributed by atoms with van der Waals surface area (Å²) in [7, 11) is 0. The Morgan fingerprint density at radius 2 is 2.00 bits per heavy atom. The lowest BCUT2D eigenvalue weighted by Gasteiger charge is -2.24. The Labute approximate surface area is 190 Å². The van der Waals surface area contributed by atoms with Crippen LogP contribution in [0.5, 0.6) is 0 Å². The van der Waals surface area contributed by atoms with E-state index in [-0.39, 0.29) is 17.6 Å². The van der Waals surface area contributed by atoms with Crippen LogP contribution in [0.25, 0.3) is 11.4 Å². The number of carbonyl (C=O) groups excluding carboxylic acids is 1. The fourth-order valence-corrected chi connectivity index (χ4v) is 4.15. The zero-order valence-corrected chi connectivity index (χ0v) is 18.3. The summed E-state index contributed by atoms with van der Waals surface area (Å²) < 4.78 is 24.2. The molecule has 2 aromatic carbocycles. The van der Waals surface area contributed by atoms with Gasteiger partial charge in [0.25, 0.3) is 5.91 Å². The summed E-state index contributed by atoms with van der Waals surface area (Å²) in [5, 5.41) is 6.83. The summed E-state index contributed by atoms with van der Waals surface area (Å²) in [4.78, 5) is 19.6. The standard InChI is InChI=1S/C25H23FN4O3/c1-15-13-18-5-3-4-6-21(18)30(15)14-22-20(11-12-32-22)24(31)27-16(2)25-28-23(29-33-25)17-7-9-19(26)10-8-17/h3-12,15-16H,13-14H2,1-2H3,(H,27,31). The van der Waals surface area contributed by atoms with Gasteiger partial charge in [-0.3, -0.25) is 4.79 Å². The minimum atomic E-state index is -0.520. The molecule has 4 aromatic rings. The zero-order valence-electron chi connectivity index (χ0n) is 18.3. The first-order chi connectivity index (χ1) is 16.0. The Kier molecular flexibility index (Phi) is 5.42. The molecule has 5 rings (SSSR count). The molecular weight excluding hydrogens is 423 g/mol. The fourth-order valence-electron chi connectivity index (χ4n) is 4.15. The normalized spacial score (nSPS) is 16.0. The van der Waals surface area contributed by atoms with E-state index in [9.17, 15) is 9.18 Å². The summed E-state index contributed by atoms with van der Waals surface area (Å²) in [6.07, 6.45) is 2.49. The number of hydrogen-bond donors (Lipinski definition) is 1. The highest BCUT2D eigenvalue weighted by Crippen LogP contribution is 2.33. The maximum absolute atomic E-state index is 13.1. The number of carbonyl (C=O) groups is 1. The summed E-state index contributed by atoms with van der Waals surface area (Å²) in [5.74, 6) is 0.561. The third-order valence-corrected chi connectivity index (χ3v) is 5.91. The van der Waals surface area contributed by atoms with Crippen LogP contribution in [-0.2, 0) is 13.0 Å². The molecule has 7 nitrogen and oxygen atoms in total. The molecular formula is C25H23FN4O3. The van der Waals surface area contributed by atoms with Crippen LogP contribution in [0.1, 0.15) is 47.5 Å². The van der Waals surface area contributed by atoms with E-state index >= 15 is 0 Å². The van der Waals surface area contributed by atoms with Crippen LogP contribution in [-0.4, -0.2) is 22.1 Å². The molecule has 33 heavy (non-hydrogen) atoms. The van der Waals surface area contributed by atoms with Crippen molar-refractivity contribution in [2.24, 2.45) is 0 Å². The molecule has 0 bridgehead atoms. The monoisotopic (exact) mass is 446 g/mol. The molecule has 168 valence electrons. The van der Waals surface area contributed by atoms with Gasteiger partial charge in [0, 0.05) is 17.3 Å². The van der Waals surface area contributed by atoms with Crippen molar-refractivity contribution in [3.05, 3.63) is 89.5 Å². The quantitative estimate of drug-likeness (QED) is 0.453. The molecule has 0 radical (unpaired) electrons. The highest BCUT2D eigenvalue weighted by molar-refractivity contribution is 5.95. The SMILES string of the molecule is CC(NC(=O)c1ccoc1CN1c2ccccc2CC1C)c1nc(-c2ccc(F)cc2)no1. The Morgan fingerprint density at radius 3 is 2.82 bits per heavy atom. The van der Waals surface area contributed by atoms with Gasteiger partial charge in [0.05, 0.1) is 18.4 Å². The van der Waals surface area contributed by atoms with E-state index in [0.717, 1.165) is 6.42 Å². The maximum Gasteiger partial charge on any atom is 0.255 e. The molecule has 3 heterocycles. The Morgan fingerprint density at radius 1 is 1.21 bits per heavy atom. The molecule has 2 atom stereocenters. The number of benzene rings is 2. The summed E-state index contributed by atoms with van der Waals surface area (Å²) >= 11 is 0. The molecule has 0 saturated carbocycles. The van der Waals surface area contributed by atoms with Crippen LogP contribution < -0.4 is 10.2 Å².